The molecule has 0 atom stereocenters. The maximum absolute atomic E-state index is 12.9. The van der Waals surface area contributed by atoms with E-state index in [1.165, 1.54) is 0 Å². The van der Waals surface area contributed by atoms with Crippen LogP contribution in [0, 0.1) is 10.1 Å². The summed E-state index contributed by atoms with van der Waals surface area (Å²) in [5.74, 6) is -6.96. The molecule has 0 heterocycles. The molecule has 0 spiro atoms. The van der Waals surface area contributed by atoms with Gasteiger partial charge in [0, 0.05) is 11.6 Å². The number of nitrogens with zero attached hydrogens (tertiary/aromatic N) is 1. The van der Waals surface area contributed by atoms with E-state index < -0.39 is 40.2 Å². The van der Waals surface area contributed by atoms with Gasteiger partial charge in [-0.15, -0.1) is 0 Å². The summed E-state index contributed by atoms with van der Waals surface area (Å²) in [4.78, 5) is 19.8. The monoisotopic (exact) mass is 247 g/mol. The van der Waals surface area contributed by atoms with E-state index in [1.54, 1.807) is 0 Å². The van der Waals surface area contributed by atoms with E-state index >= 15 is 0 Å². The second-order valence-corrected chi connectivity index (χ2v) is 3.26. The first-order chi connectivity index (χ1) is 7.74. The highest BCUT2D eigenvalue weighted by Crippen LogP contribution is 2.29. The Hall–Kier alpha value is -2.25. The zero-order chi connectivity index (χ0) is 13.2. The predicted octanol–water partition coefficient (Wildman–Crippen LogP) is 1.56. The Labute approximate surface area is 93.3 Å². The van der Waals surface area contributed by atoms with Crippen LogP contribution in [0.25, 0.3) is 0 Å². The zero-order valence-electron chi connectivity index (χ0n) is 8.26. The number of benzene rings is 1. The molecule has 0 radical (unpaired) electrons. The molecule has 0 saturated heterocycles. The fourth-order valence-corrected chi connectivity index (χ4v) is 1.21. The third-order valence-electron chi connectivity index (χ3n) is 1.99. The highest BCUT2D eigenvalue weighted by Gasteiger charge is 2.40. The van der Waals surface area contributed by atoms with Crippen molar-refractivity contribution < 1.29 is 28.7 Å². The fraction of sp³-hybridized carbons (Fsp3) is 0.222. The standard InChI is InChI=1S/C9H7F2NO5/c10-9(11,8(14)15)4-5-3-6(13)1-2-7(5)12(16)17/h1-3,13H,4H2,(H,14,15). The van der Waals surface area contributed by atoms with E-state index in [4.69, 9.17) is 10.2 Å². The van der Waals surface area contributed by atoms with Crippen molar-refractivity contribution in [1.29, 1.82) is 0 Å². The average Bonchev–Trinajstić information content (AvgIpc) is 2.15. The highest BCUT2D eigenvalue weighted by molar-refractivity contribution is 5.76. The first-order valence-electron chi connectivity index (χ1n) is 4.31. The molecule has 17 heavy (non-hydrogen) atoms. The molecule has 0 bridgehead atoms. The second-order valence-electron chi connectivity index (χ2n) is 3.26. The molecular formula is C9H7F2NO5. The summed E-state index contributed by atoms with van der Waals surface area (Å²) in [7, 11) is 0. The number of hydrogen-bond acceptors (Lipinski definition) is 4. The van der Waals surface area contributed by atoms with Crippen molar-refractivity contribution in [3.8, 4) is 5.75 Å². The Morgan fingerprint density at radius 3 is 2.53 bits per heavy atom. The maximum Gasteiger partial charge on any atom is 0.374 e. The van der Waals surface area contributed by atoms with E-state index in [1.807, 2.05) is 0 Å². The number of alkyl halides is 2. The molecule has 92 valence electrons. The van der Waals surface area contributed by atoms with E-state index in [0.717, 1.165) is 18.2 Å². The summed E-state index contributed by atoms with van der Waals surface area (Å²) < 4.78 is 25.8. The Morgan fingerprint density at radius 1 is 1.47 bits per heavy atom. The van der Waals surface area contributed by atoms with Crippen molar-refractivity contribution in [3.63, 3.8) is 0 Å². The van der Waals surface area contributed by atoms with E-state index in [2.05, 4.69) is 0 Å². The largest absolute Gasteiger partial charge is 0.508 e. The van der Waals surface area contributed by atoms with Crippen LogP contribution in [0.2, 0.25) is 0 Å². The summed E-state index contributed by atoms with van der Waals surface area (Å²) in [6, 6.07) is 2.54. The number of hydrogen-bond donors (Lipinski definition) is 2. The predicted molar refractivity (Wildman–Crippen MR) is 51.0 cm³/mol. The Balaban J connectivity index is 3.17. The Morgan fingerprint density at radius 2 is 2.06 bits per heavy atom. The van der Waals surface area contributed by atoms with Crippen LogP contribution in [-0.2, 0) is 11.2 Å². The van der Waals surface area contributed by atoms with Crippen molar-refractivity contribution in [1.82, 2.24) is 0 Å². The molecule has 0 unspecified atom stereocenters. The molecule has 1 aromatic carbocycles. The van der Waals surface area contributed by atoms with E-state index in [9.17, 15) is 23.7 Å². The van der Waals surface area contributed by atoms with Gasteiger partial charge < -0.3 is 10.2 Å². The minimum Gasteiger partial charge on any atom is -0.508 e. The number of nitro groups is 1. The third kappa shape index (κ3) is 2.86. The van der Waals surface area contributed by atoms with Gasteiger partial charge in [-0.05, 0) is 12.1 Å². The van der Waals surface area contributed by atoms with Gasteiger partial charge in [-0.1, -0.05) is 0 Å². The summed E-state index contributed by atoms with van der Waals surface area (Å²) in [6.45, 7) is 0. The number of rotatable bonds is 4. The normalized spacial score (nSPS) is 11.2. The lowest BCUT2D eigenvalue weighted by Gasteiger charge is -2.11. The third-order valence-corrected chi connectivity index (χ3v) is 1.99. The van der Waals surface area contributed by atoms with Gasteiger partial charge in [0.25, 0.3) is 5.69 Å². The van der Waals surface area contributed by atoms with Crippen LogP contribution in [0.3, 0.4) is 0 Å². The van der Waals surface area contributed by atoms with Crippen LogP contribution >= 0.6 is 0 Å². The maximum atomic E-state index is 12.9. The quantitative estimate of drug-likeness (QED) is 0.621. The number of phenolic OH excluding ortho intramolecular Hbond substituents is 1. The summed E-state index contributed by atoms with van der Waals surface area (Å²) in [5.41, 5.74) is -1.20. The lowest BCUT2D eigenvalue weighted by atomic mass is 10.0. The molecule has 0 aliphatic heterocycles. The van der Waals surface area contributed by atoms with Crippen LogP contribution < -0.4 is 0 Å². The number of carboxylic acid groups (broad SMARTS) is 1. The van der Waals surface area contributed by atoms with Crippen LogP contribution in [0.15, 0.2) is 18.2 Å². The van der Waals surface area contributed by atoms with Gasteiger partial charge in [0.15, 0.2) is 0 Å². The first-order valence-corrected chi connectivity index (χ1v) is 4.31. The molecule has 0 aromatic heterocycles. The molecule has 0 fully saturated rings. The van der Waals surface area contributed by atoms with Crippen molar-refractivity contribution in [2.45, 2.75) is 12.3 Å². The summed E-state index contributed by atoms with van der Waals surface area (Å²) >= 11 is 0. The minimum atomic E-state index is -4.13. The van der Waals surface area contributed by atoms with Gasteiger partial charge in [-0.2, -0.15) is 8.78 Å². The van der Waals surface area contributed by atoms with Gasteiger partial charge in [-0.25, -0.2) is 4.79 Å². The molecule has 1 aromatic rings. The van der Waals surface area contributed by atoms with Crippen molar-refractivity contribution >= 4 is 11.7 Å². The number of aliphatic carboxylic acids is 1. The molecule has 2 N–H and O–H groups in total. The van der Waals surface area contributed by atoms with Crippen LogP contribution in [0.1, 0.15) is 5.56 Å². The number of aromatic hydroxyl groups is 1. The summed E-state index contributed by atoms with van der Waals surface area (Å²) in [5, 5.41) is 27.8. The number of halogens is 2. The van der Waals surface area contributed by atoms with Gasteiger partial charge >= 0.3 is 11.9 Å². The molecule has 0 aliphatic carbocycles. The lowest BCUT2D eigenvalue weighted by molar-refractivity contribution is -0.385. The molecule has 0 aliphatic rings. The molecule has 8 heteroatoms. The van der Waals surface area contributed by atoms with Crippen LogP contribution in [0.5, 0.6) is 5.75 Å². The van der Waals surface area contributed by atoms with Gasteiger partial charge in [0.2, 0.25) is 0 Å². The lowest BCUT2D eigenvalue weighted by Crippen LogP contribution is -2.30. The minimum absolute atomic E-state index is 0.452. The average molecular weight is 247 g/mol. The van der Waals surface area contributed by atoms with Gasteiger partial charge in [0.1, 0.15) is 5.75 Å². The first kappa shape index (κ1) is 12.8. The van der Waals surface area contributed by atoms with Crippen molar-refractivity contribution in [2.24, 2.45) is 0 Å². The van der Waals surface area contributed by atoms with E-state index in [0.29, 0.717) is 0 Å². The molecule has 0 saturated carbocycles. The Kier molecular flexibility index (Phi) is 3.26. The molecular weight excluding hydrogens is 240 g/mol. The van der Waals surface area contributed by atoms with Crippen LogP contribution in [-0.4, -0.2) is 27.0 Å². The Bertz CT molecular complexity index is 474. The van der Waals surface area contributed by atoms with Gasteiger partial charge in [-0.3, -0.25) is 10.1 Å². The smallest absolute Gasteiger partial charge is 0.374 e. The second kappa shape index (κ2) is 4.32. The zero-order valence-corrected chi connectivity index (χ0v) is 8.26. The number of carbonyl (C=O) groups is 1. The topological polar surface area (TPSA) is 101 Å². The summed E-state index contributed by atoms with van der Waals surface area (Å²) in [6.07, 6.45) is -1.35. The SMILES string of the molecule is O=C(O)C(F)(F)Cc1cc(O)ccc1[N+](=O)[O-]. The van der Waals surface area contributed by atoms with E-state index in [-0.39, 0.29) is 0 Å². The van der Waals surface area contributed by atoms with Crippen molar-refractivity contribution in [3.05, 3.63) is 33.9 Å². The molecule has 1 rings (SSSR count). The van der Waals surface area contributed by atoms with Gasteiger partial charge in [0.05, 0.1) is 11.3 Å². The number of phenols is 1. The number of nitro benzene ring substituents is 1. The fourth-order valence-electron chi connectivity index (χ4n) is 1.21. The van der Waals surface area contributed by atoms with Crippen LogP contribution in [0.4, 0.5) is 14.5 Å². The molecule has 0 amide bonds. The van der Waals surface area contributed by atoms with Crippen molar-refractivity contribution in [2.75, 3.05) is 0 Å². The highest BCUT2D eigenvalue weighted by atomic mass is 19.3. The number of carboxylic acids is 1. The molecule has 6 nitrogen and oxygen atoms in total.